The number of rotatable bonds is 6. The second-order valence-electron chi connectivity index (χ2n) is 10.4. The zero-order valence-corrected chi connectivity index (χ0v) is 22.5. The van der Waals surface area contributed by atoms with E-state index in [2.05, 4.69) is 51.3 Å². The fourth-order valence-corrected chi connectivity index (χ4v) is 7.46. The Morgan fingerprint density at radius 2 is 1.67 bits per heavy atom. The molecule has 1 atom stereocenters. The summed E-state index contributed by atoms with van der Waals surface area (Å²) < 4.78 is 12.1. The molecule has 0 aliphatic carbocycles. The van der Waals surface area contributed by atoms with Crippen molar-refractivity contribution in [2.24, 2.45) is 0 Å². The number of hydrogen-bond acceptors (Lipinski definition) is 5. The molecule has 0 aromatic heterocycles. The Bertz CT molecular complexity index is 693. The van der Waals surface area contributed by atoms with Gasteiger partial charge in [-0.25, -0.2) is 4.79 Å². The number of thioether (sulfide) groups is 2. The van der Waals surface area contributed by atoms with Crippen LogP contribution in [0.15, 0.2) is 30.3 Å². The molecule has 0 unspecified atom stereocenters. The number of hydrogen-bond donors (Lipinski definition) is 1. The van der Waals surface area contributed by atoms with Gasteiger partial charge in [-0.3, -0.25) is 0 Å². The first-order chi connectivity index (χ1) is 13.8. The third kappa shape index (κ3) is 6.94. The Morgan fingerprint density at radius 1 is 1.10 bits per heavy atom. The van der Waals surface area contributed by atoms with E-state index < -0.39 is 13.9 Å². The van der Waals surface area contributed by atoms with Crippen LogP contribution in [0.3, 0.4) is 0 Å². The zero-order chi connectivity index (χ0) is 22.6. The van der Waals surface area contributed by atoms with E-state index in [1.807, 2.05) is 62.5 Å². The van der Waals surface area contributed by atoms with Crippen molar-refractivity contribution in [1.82, 2.24) is 5.32 Å². The monoisotopic (exact) mass is 469 g/mol. The summed E-state index contributed by atoms with van der Waals surface area (Å²) in [5, 5.41) is 3.35. The minimum atomic E-state index is -1.93. The molecule has 1 aromatic rings. The number of benzene rings is 1. The number of nitrogens with one attached hydrogen (secondary N) is 1. The van der Waals surface area contributed by atoms with Crippen molar-refractivity contribution in [3.8, 4) is 0 Å². The van der Waals surface area contributed by atoms with E-state index in [1.165, 1.54) is 6.42 Å². The molecule has 0 bridgehead atoms. The Balaban J connectivity index is 2.37. The predicted molar refractivity (Wildman–Crippen MR) is 134 cm³/mol. The van der Waals surface area contributed by atoms with Gasteiger partial charge in [0, 0.05) is 0 Å². The molecule has 1 N–H and O–H groups in total. The van der Waals surface area contributed by atoms with Crippen molar-refractivity contribution in [2.45, 2.75) is 81.8 Å². The quantitative estimate of drug-likeness (QED) is 0.462. The maximum Gasteiger partial charge on any atom is 0.408 e. The SMILES string of the molecule is CC(C)(C)OC(=O)N[C@@H](c1ccccc1)C1(CO[Si](C)(C)C(C)(C)C)SCCCS1. The molecule has 1 heterocycles. The largest absolute Gasteiger partial charge is 0.444 e. The molecule has 1 aliphatic rings. The van der Waals surface area contributed by atoms with Gasteiger partial charge in [-0.05, 0) is 62.4 Å². The molecular formula is C23H39NO3S2Si. The van der Waals surface area contributed by atoms with Crippen LogP contribution < -0.4 is 5.32 Å². The average Bonchev–Trinajstić information content (AvgIpc) is 2.64. The topological polar surface area (TPSA) is 47.6 Å². The van der Waals surface area contributed by atoms with Crippen LogP contribution in [0.4, 0.5) is 4.79 Å². The highest BCUT2D eigenvalue weighted by atomic mass is 32.2. The molecule has 7 heteroatoms. The van der Waals surface area contributed by atoms with Crippen LogP contribution in [-0.2, 0) is 9.16 Å². The molecular weight excluding hydrogens is 430 g/mol. The number of alkyl carbamates (subject to hydrolysis) is 1. The van der Waals surface area contributed by atoms with Gasteiger partial charge < -0.3 is 14.5 Å². The van der Waals surface area contributed by atoms with Gasteiger partial charge in [-0.15, -0.1) is 23.5 Å². The third-order valence-corrected chi connectivity index (χ3v) is 13.5. The first-order valence-electron chi connectivity index (χ1n) is 10.7. The highest BCUT2D eigenvalue weighted by Crippen LogP contribution is 2.51. The van der Waals surface area contributed by atoms with Crippen LogP contribution in [-0.4, -0.2) is 42.2 Å². The van der Waals surface area contributed by atoms with Gasteiger partial charge in [0.05, 0.1) is 12.6 Å². The lowest BCUT2D eigenvalue weighted by molar-refractivity contribution is 0.0495. The second kappa shape index (κ2) is 9.88. The van der Waals surface area contributed by atoms with E-state index in [0.717, 1.165) is 17.1 Å². The molecule has 0 saturated carbocycles. The van der Waals surface area contributed by atoms with Crippen molar-refractivity contribution >= 4 is 37.9 Å². The van der Waals surface area contributed by atoms with Gasteiger partial charge >= 0.3 is 6.09 Å². The summed E-state index contributed by atoms with van der Waals surface area (Å²) in [4.78, 5) is 12.8. The van der Waals surface area contributed by atoms with Gasteiger partial charge in [-0.1, -0.05) is 51.1 Å². The summed E-state index contributed by atoms with van der Waals surface area (Å²) in [6.07, 6.45) is 0.792. The Hall–Kier alpha value is -0.633. The van der Waals surface area contributed by atoms with Gasteiger partial charge in [0.2, 0.25) is 0 Å². The highest BCUT2D eigenvalue weighted by molar-refractivity contribution is 8.18. The van der Waals surface area contributed by atoms with Crippen LogP contribution in [0.1, 0.15) is 59.6 Å². The van der Waals surface area contributed by atoms with E-state index >= 15 is 0 Å². The number of amides is 1. The fourth-order valence-electron chi connectivity index (χ4n) is 2.94. The summed E-state index contributed by atoms with van der Waals surface area (Å²) in [6, 6.07) is 10.0. The minimum absolute atomic E-state index is 0.138. The van der Waals surface area contributed by atoms with Crippen molar-refractivity contribution in [2.75, 3.05) is 18.1 Å². The summed E-state index contributed by atoms with van der Waals surface area (Å²) >= 11 is 3.83. The molecule has 1 saturated heterocycles. The maximum absolute atomic E-state index is 12.8. The Morgan fingerprint density at radius 3 is 2.17 bits per heavy atom. The van der Waals surface area contributed by atoms with E-state index in [4.69, 9.17) is 9.16 Å². The van der Waals surface area contributed by atoms with Crippen molar-refractivity contribution in [3.63, 3.8) is 0 Å². The number of carbonyl (C=O) groups excluding carboxylic acids is 1. The van der Waals surface area contributed by atoms with Crippen molar-refractivity contribution < 1.29 is 14.0 Å². The maximum atomic E-state index is 12.8. The number of carbonyl (C=O) groups is 1. The van der Waals surface area contributed by atoms with Crippen LogP contribution >= 0.6 is 23.5 Å². The van der Waals surface area contributed by atoms with E-state index in [1.54, 1.807) is 0 Å². The zero-order valence-electron chi connectivity index (χ0n) is 19.8. The number of ether oxygens (including phenoxy) is 1. The van der Waals surface area contributed by atoms with Gasteiger partial charge in [0.1, 0.15) is 9.68 Å². The Kier molecular flexibility index (Phi) is 8.44. The molecule has 30 heavy (non-hydrogen) atoms. The Labute approximate surface area is 192 Å². The molecule has 0 spiro atoms. The van der Waals surface area contributed by atoms with Crippen LogP contribution in [0.2, 0.25) is 18.1 Å². The molecule has 1 fully saturated rings. The summed E-state index contributed by atoms with van der Waals surface area (Å²) in [6.45, 7) is 17.7. The average molecular weight is 470 g/mol. The van der Waals surface area contributed by atoms with E-state index in [0.29, 0.717) is 6.61 Å². The van der Waals surface area contributed by atoms with Crippen LogP contribution in [0.5, 0.6) is 0 Å². The van der Waals surface area contributed by atoms with Gasteiger partial charge in [-0.2, -0.15) is 0 Å². The first-order valence-corrected chi connectivity index (χ1v) is 15.6. The molecule has 4 nitrogen and oxygen atoms in total. The summed E-state index contributed by atoms with van der Waals surface area (Å²) in [7, 11) is -1.93. The molecule has 1 aliphatic heterocycles. The van der Waals surface area contributed by atoms with E-state index in [-0.39, 0.29) is 21.3 Å². The standard InChI is InChI=1S/C23H39NO3S2Si/c1-21(2,3)27-20(25)24-19(18-13-10-9-11-14-18)23(28-15-12-16-29-23)17-26-30(7,8)22(4,5)6/h9-11,13-14,19H,12,15-17H2,1-8H3,(H,24,25)/t19-/m0/s1. The van der Waals surface area contributed by atoms with Gasteiger partial charge in [0.15, 0.2) is 8.32 Å². The lowest BCUT2D eigenvalue weighted by Crippen LogP contribution is -2.51. The summed E-state index contributed by atoms with van der Waals surface area (Å²) in [5.74, 6) is 2.13. The molecule has 170 valence electrons. The van der Waals surface area contributed by atoms with Crippen molar-refractivity contribution in [1.29, 1.82) is 0 Å². The molecule has 2 rings (SSSR count). The van der Waals surface area contributed by atoms with Crippen molar-refractivity contribution in [3.05, 3.63) is 35.9 Å². The molecule has 0 radical (unpaired) electrons. The predicted octanol–water partition coefficient (Wildman–Crippen LogP) is 6.84. The second-order valence-corrected chi connectivity index (χ2v) is 18.3. The minimum Gasteiger partial charge on any atom is -0.444 e. The third-order valence-electron chi connectivity index (χ3n) is 5.66. The molecule has 1 amide bonds. The lowest BCUT2D eigenvalue weighted by Gasteiger charge is -2.46. The summed E-state index contributed by atoms with van der Waals surface area (Å²) in [5.41, 5.74) is 0.548. The fraction of sp³-hybridized carbons (Fsp3) is 0.696. The van der Waals surface area contributed by atoms with Crippen LogP contribution in [0, 0.1) is 0 Å². The van der Waals surface area contributed by atoms with Gasteiger partial charge in [0.25, 0.3) is 0 Å². The highest BCUT2D eigenvalue weighted by Gasteiger charge is 2.47. The van der Waals surface area contributed by atoms with Crippen LogP contribution in [0.25, 0.3) is 0 Å². The normalized spacial score (nSPS) is 18.5. The lowest BCUT2D eigenvalue weighted by atomic mass is 10.0. The first kappa shape index (κ1) is 25.6. The smallest absolute Gasteiger partial charge is 0.408 e. The molecule has 1 aromatic carbocycles. The van der Waals surface area contributed by atoms with E-state index in [9.17, 15) is 4.79 Å².